The summed E-state index contributed by atoms with van der Waals surface area (Å²) in [6, 6.07) is 19.3. The Morgan fingerprint density at radius 3 is 2.30 bits per heavy atom. The Bertz CT molecular complexity index is 3350. The molecule has 3 aromatic heterocycles. The van der Waals surface area contributed by atoms with Crippen LogP contribution in [0.5, 0.6) is 5.75 Å². The first-order valence-electron chi connectivity index (χ1n) is 26.2. The molecule has 1 aliphatic heterocycles. The van der Waals surface area contributed by atoms with Crippen LogP contribution in [-0.2, 0) is 47.2 Å². The van der Waals surface area contributed by atoms with E-state index in [2.05, 4.69) is 50.3 Å². The van der Waals surface area contributed by atoms with Crippen molar-refractivity contribution in [3.8, 4) is 27.4 Å². The number of pyridine rings is 1. The minimum atomic E-state index is -3.79. The molecule has 81 heavy (non-hydrogen) atoms. The monoisotopic (exact) mass is 1170 g/mol. The number of esters is 1. The van der Waals surface area contributed by atoms with Gasteiger partial charge < -0.3 is 45.9 Å². The van der Waals surface area contributed by atoms with Crippen LogP contribution in [0.25, 0.3) is 21.7 Å². The largest absolute Gasteiger partial charge is 0.484 e. The second-order valence-electron chi connectivity index (χ2n) is 21.9. The number of aromatic nitrogens is 4. The molecule has 432 valence electrons. The second-order valence-corrected chi connectivity index (χ2v) is 30.4. The first-order valence-corrected chi connectivity index (χ1v) is 32.4. The lowest BCUT2D eigenvalue weighted by atomic mass is 9.85. The Labute approximate surface area is 475 Å². The minimum absolute atomic E-state index is 0.00277. The van der Waals surface area contributed by atoms with Crippen molar-refractivity contribution in [2.24, 2.45) is 11.1 Å². The Hall–Kier alpha value is -7.58. The molecular weight excluding hydrogens is 1100 g/mol. The van der Waals surface area contributed by atoms with E-state index in [1.54, 1.807) is 51.4 Å². The third-order valence-corrected chi connectivity index (χ3v) is 17.2. The van der Waals surface area contributed by atoms with Gasteiger partial charge in [0.25, 0.3) is 11.8 Å². The third-order valence-electron chi connectivity index (χ3n) is 13.2. The molecule has 7 N–H and O–H groups in total. The molecule has 1 aliphatic rings. The number of likely N-dealkylation sites (tertiary alicyclic amines) is 1. The zero-order valence-electron chi connectivity index (χ0n) is 46.7. The van der Waals surface area contributed by atoms with E-state index >= 15 is 0 Å². The molecule has 25 heteroatoms. The highest BCUT2D eigenvalue weighted by molar-refractivity contribution is 7.92. The number of nitrogens with two attached hydrogens (primary N) is 1. The summed E-state index contributed by atoms with van der Waals surface area (Å²) >= 11 is 1.54. The van der Waals surface area contributed by atoms with E-state index in [1.807, 2.05) is 31.2 Å². The minimum Gasteiger partial charge on any atom is -0.484 e. The maximum atomic E-state index is 14.2. The predicted octanol–water partition coefficient (Wildman–Crippen LogP) is 7.54. The molecule has 0 spiro atoms. The summed E-state index contributed by atoms with van der Waals surface area (Å²) < 4.78 is 61.0. The van der Waals surface area contributed by atoms with Gasteiger partial charge in [-0.25, -0.2) is 32.3 Å². The fraction of sp³-hybridized carbons (Fsp3) is 0.393. The molecule has 3 aromatic carbocycles. The summed E-state index contributed by atoms with van der Waals surface area (Å²) in [7, 11) is -5.32. The van der Waals surface area contributed by atoms with Crippen LogP contribution in [0, 0.1) is 18.2 Å². The molecule has 6 aromatic rings. The van der Waals surface area contributed by atoms with E-state index in [9.17, 15) is 41.9 Å². The van der Waals surface area contributed by atoms with E-state index in [4.69, 9.17) is 25.0 Å². The van der Waals surface area contributed by atoms with Gasteiger partial charge in [-0.05, 0) is 85.3 Å². The number of nitrogens with zero attached hydrogens (tertiary/aromatic N) is 5. The summed E-state index contributed by atoms with van der Waals surface area (Å²) in [6.45, 7) is 16.4. The van der Waals surface area contributed by atoms with Crippen molar-refractivity contribution >= 4 is 76.4 Å². The van der Waals surface area contributed by atoms with Crippen molar-refractivity contribution in [2.75, 3.05) is 35.6 Å². The number of carbonyl (C=O) groups is 5. The molecule has 0 radical (unpaired) electrons. The van der Waals surface area contributed by atoms with Crippen LogP contribution in [-0.4, -0.2) is 120 Å². The van der Waals surface area contributed by atoms with Gasteiger partial charge in [-0.1, -0.05) is 82.9 Å². The number of β-amino-alcohol motifs (C(OH)–C–C–N with tert-alkyl or cyclic N) is 1. The Morgan fingerprint density at radius 2 is 1.68 bits per heavy atom. The van der Waals surface area contributed by atoms with Crippen molar-refractivity contribution in [1.29, 1.82) is 0 Å². The smallest absolute Gasteiger partial charge is 0.340 e. The summed E-state index contributed by atoms with van der Waals surface area (Å²) in [4.78, 5) is 79.1. The summed E-state index contributed by atoms with van der Waals surface area (Å²) in [6.07, 6.45) is -0.489. The van der Waals surface area contributed by atoms with Gasteiger partial charge in [0.15, 0.2) is 6.61 Å². The van der Waals surface area contributed by atoms with Crippen molar-refractivity contribution < 1.29 is 56.1 Å². The van der Waals surface area contributed by atoms with Crippen molar-refractivity contribution in [2.45, 2.75) is 111 Å². The number of hydrogen-bond donors (Lipinski definition) is 6. The number of aryl methyl sites for hydroxylation is 1. The fourth-order valence-corrected chi connectivity index (χ4v) is 10.9. The average molecular weight is 1170 g/mol. The van der Waals surface area contributed by atoms with Crippen LogP contribution in [0.4, 0.5) is 21.7 Å². The number of hydrogen-bond acceptors (Lipinski definition) is 16. The van der Waals surface area contributed by atoms with E-state index in [0.717, 1.165) is 27.7 Å². The molecule has 1 saturated heterocycles. The lowest BCUT2D eigenvalue weighted by Gasteiger charge is -2.35. The van der Waals surface area contributed by atoms with Gasteiger partial charge in [0.2, 0.25) is 21.8 Å². The summed E-state index contributed by atoms with van der Waals surface area (Å²) in [5.74, 6) is -4.07. The van der Waals surface area contributed by atoms with Crippen LogP contribution in [0.2, 0.25) is 25.7 Å². The zero-order valence-corrected chi connectivity index (χ0v) is 49.3. The van der Waals surface area contributed by atoms with E-state index < -0.39 is 89.8 Å². The van der Waals surface area contributed by atoms with Crippen LogP contribution < -0.4 is 31.1 Å². The van der Waals surface area contributed by atoms with Gasteiger partial charge in [0.1, 0.15) is 59.4 Å². The number of anilines is 3. The van der Waals surface area contributed by atoms with Crippen molar-refractivity contribution in [1.82, 2.24) is 35.3 Å². The Morgan fingerprint density at radius 1 is 0.975 bits per heavy atom. The highest BCUT2D eigenvalue weighted by atomic mass is 32.2. The zero-order chi connectivity index (χ0) is 59.0. The topological polar surface area (TPSA) is 288 Å². The fourth-order valence-electron chi connectivity index (χ4n) is 8.64. The average Bonchev–Trinajstić information content (AvgIpc) is 4.23. The third kappa shape index (κ3) is 16.1. The number of benzene rings is 3. The van der Waals surface area contributed by atoms with Gasteiger partial charge in [-0.3, -0.25) is 23.9 Å². The number of amides is 4. The molecule has 4 atom stereocenters. The highest BCUT2D eigenvalue weighted by Gasteiger charge is 2.44. The highest BCUT2D eigenvalue weighted by Crippen LogP contribution is 2.38. The molecule has 0 saturated carbocycles. The van der Waals surface area contributed by atoms with Crippen LogP contribution >= 0.6 is 11.3 Å². The molecule has 21 nitrogen and oxygen atoms in total. The van der Waals surface area contributed by atoms with Gasteiger partial charge >= 0.3 is 5.97 Å². The maximum absolute atomic E-state index is 14.2. The molecule has 0 bridgehead atoms. The number of thiazole rings is 1. The standard InChI is InChI=1S/C56H69FN10O11S2Si/c1-10-80(74,75)65-42-21-17-38(25-44(42)78-34(3)36-15-19-40(57)20-16-36)48-47(51(58)70)52(67(64-48)32-76-23-24-81(7,8)9)62-45-22-18-39(28-59-45)55(73)77-30-46(69)63-50(56(4,5)6)54(72)66-29-41(68)26-43(66)53(71)60-27-35-11-13-37(14-12-35)49-33(2)61-31-79-49/h11-22,25,28,31,34,41,43,50,65,68H,10,23-24,26-27,29-30,32H2,1-9H3,(H2,58,70)(H,59,62)(H,60,71)(H,63,69)/t34?,41-,43+,50?/m1/s1. The van der Waals surface area contributed by atoms with E-state index in [-0.39, 0.29) is 71.9 Å². The van der Waals surface area contributed by atoms with Gasteiger partial charge in [-0.2, -0.15) is 5.10 Å². The number of sulfonamides is 1. The lowest BCUT2D eigenvalue weighted by Crippen LogP contribution is -2.58. The molecule has 7 rings (SSSR count). The van der Waals surface area contributed by atoms with E-state index in [0.29, 0.717) is 17.7 Å². The Balaban J connectivity index is 1.04. The first-order chi connectivity index (χ1) is 38.2. The first kappa shape index (κ1) is 61.0. The van der Waals surface area contributed by atoms with Gasteiger partial charge in [0.05, 0.1) is 39.2 Å². The molecule has 0 aliphatic carbocycles. The second kappa shape index (κ2) is 25.9. The van der Waals surface area contributed by atoms with Crippen molar-refractivity contribution in [3.05, 3.63) is 124 Å². The quantitative estimate of drug-likeness (QED) is 0.0194. The predicted molar refractivity (Wildman–Crippen MR) is 308 cm³/mol. The summed E-state index contributed by atoms with van der Waals surface area (Å²) in [5, 5.41) is 24.1. The Kier molecular flexibility index (Phi) is 19.5. The van der Waals surface area contributed by atoms with E-state index in [1.165, 1.54) is 70.4 Å². The van der Waals surface area contributed by atoms with Crippen LogP contribution in [0.1, 0.15) is 84.7 Å². The number of rotatable bonds is 24. The van der Waals surface area contributed by atoms with Gasteiger partial charge in [-0.15, -0.1) is 11.3 Å². The number of nitrogens with one attached hydrogen (secondary N) is 4. The number of aliphatic hydroxyl groups is 1. The molecular formula is C56H69FN10O11S2Si. The maximum Gasteiger partial charge on any atom is 0.340 e. The SMILES string of the molecule is CCS(=O)(=O)Nc1ccc(-c2nn(COCC[Si](C)(C)C)c(Nc3ccc(C(=O)OCC(=O)NC(C(=O)N4C[C@H](O)C[C@H]4C(=O)NCc4ccc(-c5scnc5C)cc4)C(C)(C)C)cn3)c2C(N)=O)cc1OC(C)c1ccc(F)cc1. The van der Waals surface area contributed by atoms with Crippen LogP contribution in [0.15, 0.2) is 90.6 Å². The number of ether oxygens (including phenoxy) is 3. The van der Waals surface area contributed by atoms with Gasteiger partial charge in [0, 0.05) is 46.0 Å². The number of carbonyl (C=O) groups excluding carboxylic acids is 5. The lowest BCUT2D eigenvalue weighted by molar-refractivity contribution is -0.144. The molecule has 1 fully saturated rings. The van der Waals surface area contributed by atoms with Crippen molar-refractivity contribution in [3.63, 3.8) is 0 Å². The number of halogens is 1. The number of aliphatic hydroxyl groups excluding tert-OH is 1. The summed E-state index contributed by atoms with van der Waals surface area (Å²) in [5.41, 5.74) is 10.7. The van der Waals surface area contributed by atoms with Crippen LogP contribution in [0.3, 0.4) is 0 Å². The molecule has 4 heterocycles. The molecule has 2 unspecified atom stereocenters. The normalized spacial score (nSPS) is 15.4. The number of primary amides is 1. The molecule has 4 amide bonds.